The molecule has 0 aromatic carbocycles. The molecule has 0 saturated carbocycles. The first-order valence-corrected chi connectivity index (χ1v) is 3.02. The fraction of sp³-hybridized carbons (Fsp3) is 0.800. The van der Waals surface area contributed by atoms with Gasteiger partial charge in [-0.05, 0) is 13.8 Å². The van der Waals surface area contributed by atoms with Crippen molar-refractivity contribution in [1.29, 1.82) is 0 Å². The number of hydrazine groups is 1. The van der Waals surface area contributed by atoms with Crippen LogP contribution in [0.25, 0.3) is 0 Å². The van der Waals surface area contributed by atoms with Gasteiger partial charge in [-0.2, -0.15) is 0 Å². The molecule has 1 rings (SSSR count). The summed E-state index contributed by atoms with van der Waals surface area (Å²) < 4.78 is 0. The van der Waals surface area contributed by atoms with Crippen molar-refractivity contribution in [3.05, 3.63) is 0 Å². The SMILES string of the molecule is CC(C)N1NCNC1=O. The number of carbonyl (C=O) groups is 1. The van der Waals surface area contributed by atoms with Crippen LogP contribution < -0.4 is 10.7 Å². The molecule has 0 aromatic heterocycles. The maximum atomic E-state index is 10.8. The van der Waals surface area contributed by atoms with Crippen LogP contribution in [0.15, 0.2) is 0 Å². The lowest BCUT2D eigenvalue weighted by Crippen LogP contribution is -2.39. The van der Waals surface area contributed by atoms with Crippen LogP contribution in [-0.4, -0.2) is 23.8 Å². The van der Waals surface area contributed by atoms with Crippen molar-refractivity contribution in [2.24, 2.45) is 0 Å². The Bertz CT molecular complexity index is 123. The largest absolute Gasteiger partial charge is 0.333 e. The van der Waals surface area contributed by atoms with Crippen LogP contribution in [0.1, 0.15) is 13.8 Å². The van der Waals surface area contributed by atoms with Crippen molar-refractivity contribution in [3.63, 3.8) is 0 Å². The van der Waals surface area contributed by atoms with Gasteiger partial charge in [0.05, 0.1) is 6.67 Å². The van der Waals surface area contributed by atoms with Crippen LogP contribution in [0.5, 0.6) is 0 Å². The Morgan fingerprint density at radius 3 is 2.56 bits per heavy atom. The highest BCUT2D eigenvalue weighted by molar-refractivity contribution is 5.75. The number of nitrogens with zero attached hydrogens (tertiary/aromatic N) is 1. The van der Waals surface area contributed by atoms with Crippen LogP contribution in [0.3, 0.4) is 0 Å². The molecule has 1 heterocycles. The fourth-order valence-electron chi connectivity index (χ4n) is 0.774. The van der Waals surface area contributed by atoms with Crippen molar-refractivity contribution in [2.45, 2.75) is 19.9 Å². The summed E-state index contributed by atoms with van der Waals surface area (Å²) in [5, 5.41) is 4.20. The summed E-state index contributed by atoms with van der Waals surface area (Å²) in [5.74, 6) is 0. The molecule has 0 aliphatic carbocycles. The summed E-state index contributed by atoms with van der Waals surface area (Å²) in [7, 11) is 0. The summed E-state index contributed by atoms with van der Waals surface area (Å²) in [5.41, 5.74) is 2.88. The van der Waals surface area contributed by atoms with E-state index in [2.05, 4.69) is 10.7 Å². The number of hydrogen-bond donors (Lipinski definition) is 2. The molecule has 1 fully saturated rings. The summed E-state index contributed by atoms with van der Waals surface area (Å²) in [6.45, 7) is 4.47. The first-order valence-electron chi connectivity index (χ1n) is 3.02. The second-order valence-electron chi connectivity index (χ2n) is 2.28. The van der Waals surface area contributed by atoms with E-state index in [1.807, 2.05) is 13.8 Å². The van der Waals surface area contributed by atoms with Crippen molar-refractivity contribution in [3.8, 4) is 0 Å². The number of rotatable bonds is 1. The van der Waals surface area contributed by atoms with E-state index in [0.29, 0.717) is 6.67 Å². The monoisotopic (exact) mass is 129 g/mol. The third kappa shape index (κ3) is 1.13. The minimum atomic E-state index is -0.0370. The highest BCUT2D eigenvalue weighted by Crippen LogP contribution is 1.96. The van der Waals surface area contributed by atoms with Crippen LogP contribution in [0.2, 0.25) is 0 Å². The Morgan fingerprint density at radius 2 is 2.33 bits per heavy atom. The lowest BCUT2D eigenvalue weighted by Gasteiger charge is -2.17. The number of nitrogens with one attached hydrogen (secondary N) is 2. The number of hydrogen-bond acceptors (Lipinski definition) is 2. The van der Waals surface area contributed by atoms with Gasteiger partial charge in [0.15, 0.2) is 0 Å². The topological polar surface area (TPSA) is 44.4 Å². The van der Waals surface area contributed by atoms with Crippen molar-refractivity contribution in [1.82, 2.24) is 15.8 Å². The minimum absolute atomic E-state index is 0.0370. The quantitative estimate of drug-likeness (QED) is 0.518. The van der Waals surface area contributed by atoms with E-state index in [4.69, 9.17) is 0 Å². The van der Waals surface area contributed by atoms with Gasteiger partial charge >= 0.3 is 6.03 Å². The molecular weight excluding hydrogens is 118 g/mol. The lowest BCUT2D eigenvalue weighted by atomic mass is 10.4. The van der Waals surface area contributed by atoms with Crippen molar-refractivity contribution >= 4 is 6.03 Å². The number of urea groups is 1. The Morgan fingerprint density at radius 1 is 1.67 bits per heavy atom. The average Bonchev–Trinajstić information content (AvgIpc) is 2.13. The van der Waals surface area contributed by atoms with Crippen molar-refractivity contribution in [2.75, 3.05) is 6.67 Å². The lowest BCUT2D eigenvalue weighted by molar-refractivity contribution is 0.182. The van der Waals surface area contributed by atoms with Crippen LogP contribution >= 0.6 is 0 Å². The van der Waals surface area contributed by atoms with E-state index in [9.17, 15) is 4.79 Å². The van der Waals surface area contributed by atoms with Gasteiger partial charge in [0, 0.05) is 6.04 Å². The van der Waals surface area contributed by atoms with Crippen molar-refractivity contribution < 1.29 is 4.79 Å². The van der Waals surface area contributed by atoms with Gasteiger partial charge in [-0.25, -0.2) is 10.2 Å². The van der Waals surface area contributed by atoms with Crippen LogP contribution in [0, 0.1) is 0 Å². The van der Waals surface area contributed by atoms with E-state index in [0.717, 1.165) is 0 Å². The molecule has 0 bridgehead atoms. The van der Waals surface area contributed by atoms with Gasteiger partial charge in [0.2, 0.25) is 0 Å². The number of carbonyl (C=O) groups excluding carboxylic acids is 1. The molecule has 0 atom stereocenters. The molecule has 52 valence electrons. The van der Waals surface area contributed by atoms with Gasteiger partial charge in [0.1, 0.15) is 0 Å². The standard InChI is InChI=1S/C5H11N3O/c1-4(2)8-5(9)6-3-7-8/h4,7H,3H2,1-2H3,(H,6,9). The second-order valence-corrected chi connectivity index (χ2v) is 2.28. The molecule has 0 aromatic rings. The third-order valence-corrected chi connectivity index (χ3v) is 1.22. The Hall–Kier alpha value is -0.770. The second kappa shape index (κ2) is 2.23. The highest BCUT2D eigenvalue weighted by Gasteiger charge is 2.20. The Kier molecular flexibility index (Phi) is 1.57. The molecule has 2 amide bonds. The molecule has 0 radical (unpaired) electrons. The van der Waals surface area contributed by atoms with E-state index in [1.54, 1.807) is 5.01 Å². The maximum absolute atomic E-state index is 10.8. The van der Waals surface area contributed by atoms with E-state index in [-0.39, 0.29) is 12.1 Å². The van der Waals surface area contributed by atoms with Gasteiger partial charge < -0.3 is 5.32 Å². The summed E-state index contributed by atoms with van der Waals surface area (Å²) in [6.07, 6.45) is 0. The normalized spacial score (nSPS) is 19.0. The van der Waals surface area contributed by atoms with Gasteiger partial charge in [-0.3, -0.25) is 5.01 Å². The number of amides is 2. The predicted octanol–water partition coefficient (Wildman–Crippen LogP) is -0.118. The highest BCUT2D eigenvalue weighted by atomic mass is 16.2. The van der Waals surface area contributed by atoms with Gasteiger partial charge in [-0.1, -0.05) is 0 Å². The summed E-state index contributed by atoms with van der Waals surface area (Å²) in [6, 6.07) is 0.192. The van der Waals surface area contributed by atoms with Gasteiger partial charge in [0.25, 0.3) is 0 Å². The molecule has 9 heavy (non-hydrogen) atoms. The molecule has 1 saturated heterocycles. The molecule has 0 spiro atoms. The summed E-state index contributed by atoms with van der Waals surface area (Å²) in [4.78, 5) is 10.8. The van der Waals surface area contributed by atoms with E-state index in [1.165, 1.54) is 0 Å². The Balaban J connectivity index is 2.49. The Labute approximate surface area is 54.2 Å². The van der Waals surface area contributed by atoms with Gasteiger partial charge in [-0.15, -0.1) is 0 Å². The zero-order valence-corrected chi connectivity index (χ0v) is 5.64. The maximum Gasteiger partial charge on any atom is 0.333 e. The zero-order valence-electron chi connectivity index (χ0n) is 5.64. The predicted molar refractivity (Wildman–Crippen MR) is 33.5 cm³/mol. The third-order valence-electron chi connectivity index (χ3n) is 1.22. The first-order chi connectivity index (χ1) is 4.22. The molecule has 4 nitrogen and oxygen atoms in total. The smallest absolute Gasteiger partial charge is 0.323 e. The van der Waals surface area contributed by atoms with E-state index >= 15 is 0 Å². The molecule has 0 unspecified atom stereocenters. The fourth-order valence-corrected chi connectivity index (χ4v) is 0.774. The minimum Gasteiger partial charge on any atom is -0.323 e. The zero-order chi connectivity index (χ0) is 6.85. The van der Waals surface area contributed by atoms with Crippen LogP contribution in [0.4, 0.5) is 4.79 Å². The summed E-state index contributed by atoms with van der Waals surface area (Å²) >= 11 is 0. The van der Waals surface area contributed by atoms with E-state index < -0.39 is 0 Å². The molecule has 1 aliphatic rings. The average molecular weight is 129 g/mol. The molecule has 4 heteroatoms. The first kappa shape index (κ1) is 6.35. The molecule has 2 N–H and O–H groups in total. The molecular formula is C5H11N3O. The molecule has 1 aliphatic heterocycles. The van der Waals surface area contributed by atoms with Crippen LogP contribution in [-0.2, 0) is 0 Å².